The van der Waals surface area contributed by atoms with Crippen molar-refractivity contribution in [2.24, 2.45) is 11.8 Å². The molecule has 288 valence electrons. The summed E-state index contributed by atoms with van der Waals surface area (Å²) in [4.78, 5) is 52.4. The second kappa shape index (κ2) is 24.3. The molecule has 2 fully saturated rings. The van der Waals surface area contributed by atoms with E-state index in [-0.39, 0.29) is 91.4 Å². The number of carbonyl (C=O) groups excluding carboxylic acids is 4. The van der Waals surface area contributed by atoms with Crippen LogP contribution in [0.4, 0.5) is 0 Å². The first-order chi connectivity index (χ1) is 22.4. The summed E-state index contributed by atoms with van der Waals surface area (Å²) >= 11 is 0. The van der Waals surface area contributed by atoms with Crippen molar-refractivity contribution in [3.63, 3.8) is 0 Å². The van der Waals surface area contributed by atoms with Gasteiger partial charge in [0.2, 0.25) is 11.8 Å². The minimum absolute atomic E-state index is 0. The van der Waals surface area contributed by atoms with Crippen molar-refractivity contribution in [1.29, 1.82) is 0 Å². The molecule has 0 radical (unpaired) electrons. The van der Waals surface area contributed by atoms with E-state index in [2.05, 4.69) is 0 Å². The lowest BCUT2D eigenvalue weighted by Crippen LogP contribution is -2.39. The Morgan fingerprint density at radius 1 is 0.531 bits per heavy atom. The highest BCUT2D eigenvalue weighted by Gasteiger charge is 2.37. The number of carbonyl (C=O) groups is 4. The number of ether oxygens (including phenoxy) is 4. The van der Waals surface area contributed by atoms with Gasteiger partial charge in [0.05, 0.1) is 61.9 Å². The fourth-order valence-electron chi connectivity index (χ4n) is 5.94. The molecule has 2 aliphatic rings. The fourth-order valence-corrected chi connectivity index (χ4v) is 5.94. The van der Waals surface area contributed by atoms with Crippen molar-refractivity contribution in [1.82, 2.24) is 9.80 Å². The summed E-state index contributed by atoms with van der Waals surface area (Å²) in [5.41, 5.74) is 0. The lowest BCUT2D eigenvalue weighted by molar-refractivity contribution is -0.135. The predicted octanol–water partition coefficient (Wildman–Crippen LogP) is 7.04. The van der Waals surface area contributed by atoms with E-state index in [0.29, 0.717) is 64.8 Å². The molecule has 0 aromatic rings. The quantitative estimate of drug-likeness (QED) is 0.133. The zero-order valence-electron chi connectivity index (χ0n) is 32.4. The van der Waals surface area contributed by atoms with Crippen LogP contribution in [-0.2, 0) is 38.1 Å². The highest BCUT2D eigenvalue weighted by atomic mass is 16.5. The van der Waals surface area contributed by atoms with Crippen molar-refractivity contribution >= 4 is 23.4 Å². The van der Waals surface area contributed by atoms with E-state index in [1.54, 1.807) is 0 Å². The van der Waals surface area contributed by atoms with Crippen LogP contribution in [0.25, 0.3) is 0 Å². The summed E-state index contributed by atoms with van der Waals surface area (Å²) < 4.78 is 23.3. The number of Topliss-reactive ketones (excluding diaryl/α,β-unsaturated/α-hetero) is 2. The first-order valence-electron chi connectivity index (χ1n) is 18.6. The van der Waals surface area contributed by atoms with Crippen LogP contribution in [0.5, 0.6) is 0 Å². The standard InChI is InChI=1S/2C19H35NO4.CH4/c2*1-13(2)18(21)8-7-9-19(22)20-11-17(24-15(5)6)10-16(20)12-23-14(3)4;/h2*13-17H,7-12H2,1-6H3;1H4/t16-,17+;;/m0../s1. The Morgan fingerprint density at radius 3 is 1.12 bits per heavy atom. The van der Waals surface area contributed by atoms with Gasteiger partial charge in [-0.1, -0.05) is 35.1 Å². The first-order valence-corrected chi connectivity index (χ1v) is 18.6. The van der Waals surface area contributed by atoms with Gasteiger partial charge in [0, 0.05) is 50.6 Å². The summed E-state index contributed by atoms with van der Waals surface area (Å²) in [5.74, 6) is 0.762. The third-order valence-corrected chi connectivity index (χ3v) is 8.48. The Kier molecular flexibility index (Phi) is 23.4. The average Bonchev–Trinajstić information content (AvgIpc) is 3.57. The smallest absolute Gasteiger partial charge is 0.223 e. The van der Waals surface area contributed by atoms with Gasteiger partial charge >= 0.3 is 0 Å². The highest BCUT2D eigenvalue weighted by molar-refractivity contribution is 5.82. The Bertz CT molecular complexity index is 889. The molecule has 2 amide bonds. The van der Waals surface area contributed by atoms with Crippen molar-refractivity contribution in [2.45, 2.75) is 191 Å². The Hall–Kier alpha value is -1.88. The second-order valence-electron chi connectivity index (χ2n) is 15.2. The Labute approximate surface area is 299 Å². The van der Waals surface area contributed by atoms with Crippen LogP contribution in [0.1, 0.15) is 142 Å². The third kappa shape index (κ3) is 19.3. The van der Waals surface area contributed by atoms with Gasteiger partial charge < -0.3 is 28.7 Å². The van der Waals surface area contributed by atoms with Gasteiger partial charge in [0.25, 0.3) is 0 Å². The summed E-state index contributed by atoms with van der Waals surface area (Å²) in [6.45, 7) is 26.0. The molecule has 2 saturated heterocycles. The van der Waals surface area contributed by atoms with Crippen LogP contribution in [0.3, 0.4) is 0 Å². The van der Waals surface area contributed by atoms with E-state index in [4.69, 9.17) is 18.9 Å². The van der Waals surface area contributed by atoms with Gasteiger partial charge in [-0.25, -0.2) is 0 Å². The molecule has 0 aliphatic carbocycles. The van der Waals surface area contributed by atoms with E-state index >= 15 is 0 Å². The minimum atomic E-state index is 0. The topological polar surface area (TPSA) is 112 Å². The van der Waals surface area contributed by atoms with Crippen molar-refractivity contribution in [3.05, 3.63) is 0 Å². The van der Waals surface area contributed by atoms with Crippen LogP contribution >= 0.6 is 0 Å². The minimum Gasteiger partial charge on any atom is -0.377 e. The second-order valence-corrected chi connectivity index (χ2v) is 15.2. The lowest BCUT2D eigenvalue weighted by Gasteiger charge is -2.25. The van der Waals surface area contributed by atoms with E-state index in [0.717, 1.165) is 12.8 Å². The number of amides is 2. The monoisotopic (exact) mass is 699 g/mol. The third-order valence-electron chi connectivity index (χ3n) is 8.48. The molecule has 2 rings (SSSR count). The van der Waals surface area contributed by atoms with Gasteiger partial charge in [-0.2, -0.15) is 0 Å². The van der Waals surface area contributed by atoms with Crippen LogP contribution in [0, 0.1) is 11.8 Å². The van der Waals surface area contributed by atoms with Gasteiger partial charge in [0.1, 0.15) is 11.6 Å². The summed E-state index contributed by atoms with van der Waals surface area (Å²) in [6, 6.07) is 0.147. The molecule has 2 unspecified atom stereocenters. The molecule has 0 saturated carbocycles. The number of hydrogen-bond donors (Lipinski definition) is 0. The molecule has 10 heteroatoms. The van der Waals surface area contributed by atoms with Gasteiger partial charge in [-0.3, -0.25) is 19.2 Å². The van der Waals surface area contributed by atoms with E-state index < -0.39 is 0 Å². The van der Waals surface area contributed by atoms with Crippen LogP contribution in [0.2, 0.25) is 0 Å². The number of nitrogens with zero attached hydrogens (tertiary/aromatic N) is 2. The normalized spacial score (nSPS) is 20.9. The maximum atomic E-state index is 12.6. The fraction of sp³-hybridized carbons (Fsp3) is 0.897. The first kappa shape index (κ1) is 47.1. The molecule has 49 heavy (non-hydrogen) atoms. The molecule has 2 heterocycles. The molecule has 2 aliphatic heterocycles. The molecule has 0 bridgehead atoms. The molecule has 4 atom stereocenters. The zero-order chi connectivity index (χ0) is 36.6. The molecule has 0 N–H and O–H groups in total. The molecule has 0 aromatic heterocycles. The maximum absolute atomic E-state index is 12.6. The molecule has 0 spiro atoms. The van der Waals surface area contributed by atoms with Crippen LogP contribution in [0.15, 0.2) is 0 Å². The van der Waals surface area contributed by atoms with Crippen LogP contribution in [-0.4, -0.2) is 108 Å². The Balaban J connectivity index is 0.000000922. The summed E-state index contributed by atoms with van der Waals surface area (Å²) in [7, 11) is 0. The van der Waals surface area contributed by atoms with Crippen molar-refractivity contribution in [3.8, 4) is 0 Å². The predicted molar refractivity (Wildman–Crippen MR) is 197 cm³/mol. The van der Waals surface area contributed by atoms with Crippen molar-refractivity contribution < 1.29 is 38.1 Å². The highest BCUT2D eigenvalue weighted by Crippen LogP contribution is 2.25. The molecule has 0 aromatic carbocycles. The van der Waals surface area contributed by atoms with E-state index in [1.807, 2.05) is 92.9 Å². The maximum Gasteiger partial charge on any atom is 0.223 e. The van der Waals surface area contributed by atoms with Gasteiger partial charge in [-0.15, -0.1) is 0 Å². The lowest BCUT2D eigenvalue weighted by atomic mass is 10.0. The summed E-state index contributed by atoms with van der Waals surface area (Å²) in [6.07, 6.45) is 5.46. The number of hydrogen-bond acceptors (Lipinski definition) is 8. The van der Waals surface area contributed by atoms with E-state index in [1.165, 1.54) is 0 Å². The van der Waals surface area contributed by atoms with Gasteiger partial charge in [0.15, 0.2) is 0 Å². The number of rotatable bonds is 20. The van der Waals surface area contributed by atoms with Gasteiger partial charge in [-0.05, 0) is 81.1 Å². The van der Waals surface area contributed by atoms with Crippen LogP contribution < -0.4 is 0 Å². The Morgan fingerprint density at radius 2 is 0.857 bits per heavy atom. The number of ketones is 2. The van der Waals surface area contributed by atoms with Crippen molar-refractivity contribution in [2.75, 3.05) is 26.3 Å². The molecular weight excluding hydrogens is 624 g/mol. The summed E-state index contributed by atoms with van der Waals surface area (Å²) in [5, 5.41) is 0. The SMILES string of the molecule is C.CC(C)OCC1CC(OC(C)C)CN1C(=O)CCCC(=O)C(C)C.CC(C)OC[C@@H]1C[C@@H](OC(C)C)CN1C(=O)CCCC(=O)C(C)C. The number of likely N-dealkylation sites (tertiary alicyclic amines) is 2. The molecular formula is C39H74N2O8. The average molecular weight is 699 g/mol. The van der Waals surface area contributed by atoms with E-state index in [9.17, 15) is 19.2 Å². The zero-order valence-corrected chi connectivity index (χ0v) is 32.4. The largest absolute Gasteiger partial charge is 0.377 e. The molecule has 10 nitrogen and oxygen atoms in total.